The van der Waals surface area contributed by atoms with Crippen molar-refractivity contribution in [1.29, 1.82) is 0 Å². The molecule has 5 heteroatoms. The summed E-state index contributed by atoms with van der Waals surface area (Å²) in [5, 5.41) is 1.93. The Balaban J connectivity index is 1.59. The van der Waals surface area contributed by atoms with Crippen LogP contribution in [0.25, 0.3) is 6.08 Å². The number of rotatable bonds is 6. The lowest BCUT2D eigenvalue weighted by Crippen LogP contribution is -2.13. The molecule has 1 fully saturated rings. The molecule has 0 bridgehead atoms. The van der Waals surface area contributed by atoms with E-state index in [1.54, 1.807) is 6.08 Å². The number of carbonyl (C=O) groups is 2. The molecule has 0 radical (unpaired) electrons. The van der Waals surface area contributed by atoms with Crippen molar-refractivity contribution in [1.82, 2.24) is 4.57 Å². The summed E-state index contributed by atoms with van der Waals surface area (Å²) >= 11 is 1.54. The third-order valence-electron chi connectivity index (χ3n) is 3.97. The lowest BCUT2D eigenvalue weighted by molar-refractivity contribution is -0.136. The summed E-state index contributed by atoms with van der Waals surface area (Å²) in [6.07, 6.45) is 5.39. The summed E-state index contributed by atoms with van der Waals surface area (Å²) in [7, 11) is 0. The monoisotopic (exact) mass is 329 g/mol. The molecule has 2 aromatic heterocycles. The number of aromatic nitrogens is 1. The molecule has 4 nitrogen and oxygen atoms in total. The normalized spacial score (nSPS) is 14.3. The van der Waals surface area contributed by atoms with Gasteiger partial charge in [0.25, 0.3) is 0 Å². The number of ether oxygens (including phenoxy) is 1. The molecular formula is C18H19NO3S. The number of esters is 1. The minimum absolute atomic E-state index is 0.150. The third-order valence-corrected chi connectivity index (χ3v) is 4.81. The molecule has 0 aliphatic heterocycles. The zero-order valence-electron chi connectivity index (χ0n) is 13.2. The molecule has 1 saturated carbocycles. The molecule has 0 N–H and O–H groups in total. The molecule has 0 amide bonds. The van der Waals surface area contributed by atoms with Crippen molar-refractivity contribution in [3.63, 3.8) is 0 Å². The van der Waals surface area contributed by atoms with E-state index in [0.29, 0.717) is 11.6 Å². The van der Waals surface area contributed by atoms with Crippen molar-refractivity contribution in [2.75, 3.05) is 6.61 Å². The number of ketones is 1. The molecule has 2 aromatic rings. The van der Waals surface area contributed by atoms with Gasteiger partial charge in [-0.25, -0.2) is 4.79 Å². The van der Waals surface area contributed by atoms with Crippen molar-refractivity contribution < 1.29 is 14.3 Å². The maximum absolute atomic E-state index is 12.3. The van der Waals surface area contributed by atoms with Gasteiger partial charge in [0.15, 0.2) is 6.61 Å². The van der Waals surface area contributed by atoms with Crippen LogP contribution < -0.4 is 0 Å². The quantitative estimate of drug-likeness (QED) is 0.458. The molecule has 1 aliphatic carbocycles. The lowest BCUT2D eigenvalue weighted by atomic mass is 10.1. The Morgan fingerprint density at radius 3 is 2.83 bits per heavy atom. The Bertz CT molecular complexity index is 752. The van der Waals surface area contributed by atoms with Crippen molar-refractivity contribution in [2.24, 2.45) is 0 Å². The van der Waals surface area contributed by atoms with Crippen molar-refractivity contribution >= 4 is 29.2 Å². The standard InChI is InChI=1S/C18H19NO3S/c1-12-10-16(13(2)19(12)14-5-6-14)17(20)11-22-18(21)8-7-15-4-3-9-23-15/h3-4,7-10,14H,5-6,11H2,1-2H3/b8-7+. The summed E-state index contributed by atoms with van der Waals surface area (Å²) in [4.78, 5) is 25.0. The Kier molecular flexibility index (Phi) is 4.48. The fraction of sp³-hybridized carbons (Fsp3) is 0.333. The zero-order chi connectivity index (χ0) is 16.4. The Labute approximate surface area is 139 Å². The summed E-state index contributed by atoms with van der Waals surface area (Å²) in [5.41, 5.74) is 2.72. The average Bonchev–Trinajstić information content (AvgIpc) is 3.12. The van der Waals surface area contributed by atoms with Crippen LogP contribution in [0.1, 0.15) is 45.5 Å². The highest BCUT2D eigenvalue weighted by Crippen LogP contribution is 2.38. The van der Waals surface area contributed by atoms with E-state index < -0.39 is 5.97 Å². The van der Waals surface area contributed by atoms with Gasteiger partial charge in [-0.15, -0.1) is 11.3 Å². The van der Waals surface area contributed by atoms with Crippen molar-refractivity contribution in [3.8, 4) is 0 Å². The number of aryl methyl sites for hydroxylation is 1. The van der Waals surface area contributed by atoms with E-state index in [4.69, 9.17) is 4.74 Å². The predicted octanol–water partition coefficient (Wildman–Crippen LogP) is 3.94. The van der Waals surface area contributed by atoms with Crippen LogP contribution in [0.3, 0.4) is 0 Å². The summed E-state index contributed by atoms with van der Waals surface area (Å²) < 4.78 is 7.27. The number of thiophene rings is 1. The third kappa shape index (κ3) is 3.62. The van der Waals surface area contributed by atoms with E-state index in [0.717, 1.165) is 16.3 Å². The second-order valence-electron chi connectivity index (χ2n) is 5.77. The Morgan fingerprint density at radius 1 is 1.39 bits per heavy atom. The Hall–Kier alpha value is -2.14. The first-order valence-corrected chi connectivity index (χ1v) is 8.54. The van der Waals surface area contributed by atoms with Gasteiger partial charge < -0.3 is 9.30 Å². The Morgan fingerprint density at radius 2 is 2.17 bits per heavy atom. The molecule has 0 spiro atoms. The van der Waals surface area contributed by atoms with Gasteiger partial charge in [0, 0.05) is 33.9 Å². The second kappa shape index (κ2) is 6.54. The highest BCUT2D eigenvalue weighted by molar-refractivity contribution is 7.10. The van der Waals surface area contributed by atoms with Gasteiger partial charge >= 0.3 is 5.97 Å². The van der Waals surface area contributed by atoms with Crippen LogP contribution in [0.4, 0.5) is 0 Å². The molecule has 1 aliphatic rings. The molecule has 23 heavy (non-hydrogen) atoms. The lowest BCUT2D eigenvalue weighted by Gasteiger charge is -2.07. The topological polar surface area (TPSA) is 48.3 Å². The van der Waals surface area contributed by atoms with Gasteiger partial charge in [0.05, 0.1) is 0 Å². The van der Waals surface area contributed by atoms with Crippen LogP contribution in [0.5, 0.6) is 0 Å². The summed E-state index contributed by atoms with van der Waals surface area (Å²) in [6.45, 7) is 3.75. The average molecular weight is 329 g/mol. The van der Waals surface area contributed by atoms with Crippen LogP contribution in [-0.2, 0) is 9.53 Å². The summed E-state index contributed by atoms with van der Waals surface area (Å²) in [6, 6.07) is 6.25. The number of Topliss-reactive ketones (excluding diaryl/α,β-unsaturated/α-hetero) is 1. The van der Waals surface area contributed by atoms with E-state index in [1.807, 2.05) is 37.4 Å². The molecule has 0 unspecified atom stereocenters. The van der Waals surface area contributed by atoms with Crippen molar-refractivity contribution in [2.45, 2.75) is 32.7 Å². The molecule has 0 aromatic carbocycles. The minimum atomic E-state index is -0.497. The van der Waals surface area contributed by atoms with Gasteiger partial charge in [-0.2, -0.15) is 0 Å². The smallest absolute Gasteiger partial charge is 0.331 e. The first-order chi connectivity index (χ1) is 11.1. The van der Waals surface area contributed by atoms with Gasteiger partial charge in [-0.3, -0.25) is 4.79 Å². The van der Waals surface area contributed by atoms with Crippen molar-refractivity contribution in [3.05, 3.63) is 51.5 Å². The largest absolute Gasteiger partial charge is 0.454 e. The van der Waals surface area contributed by atoms with Crippen LogP contribution in [0, 0.1) is 13.8 Å². The number of hydrogen-bond acceptors (Lipinski definition) is 4. The fourth-order valence-electron chi connectivity index (χ4n) is 2.75. The maximum atomic E-state index is 12.3. The van der Waals surface area contributed by atoms with E-state index in [2.05, 4.69) is 4.57 Å². The highest BCUT2D eigenvalue weighted by Gasteiger charge is 2.28. The van der Waals surface area contributed by atoms with E-state index in [9.17, 15) is 9.59 Å². The van der Waals surface area contributed by atoms with Crippen LogP contribution in [0.15, 0.2) is 29.7 Å². The van der Waals surface area contributed by atoms with Gasteiger partial charge in [0.1, 0.15) is 0 Å². The van der Waals surface area contributed by atoms with Crippen LogP contribution in [0.2, 0.25) is 0 Å². The van der Waals surface area contributed by atoms with Gasteiger partial charge in [-0.05, 0) is 50.3 Å². The predicted molar refractivity (Wildman–Crippen MR) is 90.8 cm³/mol. The maximum Gasteiger partial charge on any atom is 0.331 e. The number of carbonyl (C=O) groups excluding carboxylic acids is 2. The number of hydrogen-bond donors (Lipinski definition) is 0. The SMILES string of the molecule is Cc1cc(C(=O)COC(=O)/C=C/c2cccs2)c(C)n1C1CC1. The molecule has 3 rings (SSSR count). The highest BCUT2D eigenvalue weighted by atomic mass is 32.1. The van der Waals surface area contributed by atoms with Crippen LogP contribution in [-0.4, -0.2) is 22.9 Å². The zero-order valence-corrected chi connectivity index (χ0v) is 14.1. The van der Waals surface area contributed by atoms with E-state index in [-0.39, 0.29) is 12.4 Å². The fourth-order valence-corrected chi connectivity index (χ4v) is 3.37. The molecule has 0 atom stereocenters. The van der Waals surface area contributed by atoms with Gasteiger partial charge in [-0.1, -0.05) is 6.07 Å². The van der Waals surface area contributed by atoms with Gasteiger partial charge in [0.2, 0.25) is 5.78 Å². The molecular weight excluding hydrogens is 310 g/mol. The molecule has 2 heterocycles. The van der Waals surface area contributed by atoms with E-state index in [1.165, 1.54) is 30.3 Å². The first kappa shape index (κ1) is 15.7. The van der Waals surface area contributed by atoms with E-state index >= 15 is 0 Å². The minimum Gasteiger partial charge on any atom is -0.454 e. The second-order valence-corrected chi connectivity index (χ2v) is 6.74. The summed E-state index contributed by atoms with van der Waals surface area (Å²) in [5.74, 6) is -0.648. The number of nitrogens with zero attached hydrogens (tertiary/aromatic N) is 1. The first-order valence-electron chi connectivity index (χ1n) is 7.66. The molecule has 120 valence electrons. The van der Waals surface area contributed by atoms with Crippen LogP contribution >= 0.6 is 11.3 Å². The molecule has 0 saturated heterocycles.